The molecular formula is C18H27FN4O2. The van der Waals surface area contributed by atoms with E-state index >= 15 is 0 Å². The lowest BCUT2D eigenvalue weighted by Gasteiger charge is -2.38. The zero-order valence-electron chi connectivity index (χ0n) is 15.0. The van der Waals surface area contributed by atoms with Crippen LogP contribution in [-0.4, -0.2) is 72.3 Å². The molecule has 3 rings (SSSR count). The standard InChI is InChI=1S/C18H27FN4O2/c1-14(2)21-9-11-23(12-10-21)18(24)25-16-4-7-22(8-5-16)17-13-15(19)3-6-20-17/h3,6,13-14,16H,4-5,7-12H2,1-2H3. The van der Waals surface area contributed by atoms with Gasteiger partial charge in [-0.1, -0.05) is 0 Å². The summed E-state index contributed by atoms with van der Waals surface area (Å²) in [5.74, 6) is 0.369. The summed E-state index contributed by atoms with van der Waals surface area (Å²) >= 11 is 0. The number of aromatic nitrogens is 1. The number of piperazine rings is 1. The van der Waals surface area contributed by atoms with Crippen molar-refractivity contribution in [2.24, 2.45) is 0 Å². The second-order valence-corrected chi connectivity index (χ2v) is 7.02. The molecule has 0 saturated carbocycles. The minimum absolute atomic E-state index is 0.0690. The summed E-state index contributed by atoms with van der Waals surface area (Å²) in [7, 11) is 0. The number of hydrogen-bond donors (Lipinski definition) is 0. The van der Waals surface area contributed by atoms with Gasteiger partial charge in [-0.05, 0) is 19.9 Å². The van der Waals surface area contributed by atoms with Crippen molar-refractivity contribution in [1.82, 2.24) is 14.8 Å². The molecule has 0 spiro atoms. The van der Waals surface area contributed by atoms with Gasteiger partial charge in [0.25, 0.3) is 0 Å². The molecule has 2 saturated heterocycles. The molecule has 0 radical (unpaired) electrons. The van der Waals surface area contributed by atoms with Gasteiger partial charge >= 0.3 is 6.09 Å². The Morgan fingerprint density at radius 2 is 1.88 bits per heavy atom. The highest BCUT2D eigenvalue weighted by Gasteiger charge is 2.28. The van der Waals surface area contributed by atoms with Crippen molar-refractivity contribution in [3.05, 3.63) is 24.1 Å². The van der Waals surface area contributed by atoms with E-state index in [1.165, 1.54) is 18.3 Å². The fourth-order valence-corrected chi connectivity index (χ4v) is 3.41. The summed E-state index contributed by atoms with van der Waals surface area (Å²) in [6.07, 6.45) is 2.70. The van der Waals surface area contributed by atoms with E-state index in [0.717, 1.165) is 52.1 Å². The summed E-state index contributed by atoms with van der Waals surface area (Å²) in [5, 5.41) is 0. The lowest BCUT2D eigenvalue weighted by atomic mass is 10.1. The number of carbonyl (C=O) groups excluding carboxylic acids is 1. The average molecular weight is 350 g/mol. The fraction of sp³-hybridized carbons (Fsp3) is 0.667. The molecule has 138 valence electrons. The third-order valence-electron chi connectivity index (χ3n) is 5.04. The third-order valence-corrected chi connectivity index (χ3v) is 5.04. The Morgan fingerprint density at radius 1 is 1.20 bits per heavy atom. The lowest BCUT2D eigenvalue weighted by Crippen LogP contribution is -2.51. The van der Waals surface area contributed by atoms with Gasteiger partial charge in [-0.25, -0.2) is 14.2 Å². The van der Waals surface area contributed by atoms with Crippen LogP contribution in [0.5, 0.6) is 0 Å². The first kappa shape index (κ1) is 17.9. The molecule has 0 N–H and O–H groups in total. The third kappa shape index (κ3) is 4.60. The Labute approximate surface area is 148 Å². The van der Waals surface area contributed by atoms with E-state index < -0.39 is 0 Å². The van der Waals surface area contributed by atoms with Gasteiger partial charge in [0, 0.05) is 70.4 Å². The Kier molecular flexibility index (Phi) is 5.73. The Balaban J connectivity index is 1.44. The van der Waals surface area contributed by atoms with E-state index in [4.69, 9.17) is 4.74 Å². The number of rotatable bonds is 3. The quantitative estimate of drug-likeness (QED) is 0.838. The number of ether oxygens (including phenoxy) is 1. The lowest BCUT2D eigenvalue weighted by molar-refractivity contribution is 0.0337. The topological polar surface area (TPSA) is 48.9 Å². The van der Waals surface area contributed by atoms with Gasteiger partial charge in [-0.2, -0.15) is 0 Å². The molecule has 1 aromatic heterocycles. The molecule has 0 aromatic carbocycles. The summed E-state index contributed by atoms with van der Waals surface area (Å²) < 4.78 is 19.0. The molecule has 0 unspecified atom stereocenters. The Morgan fingerprint density at radius 3 is 2.48 bits per heavy atom. The fourth-order valence-electron chi connectivity index (χ4n) is 3.41. The molecule has 3 heterocycles. The van der Waals surface area contributed by atoms with Crippen LogP contribution < -0.4 is 4.90 Å². The van der Waals surface area contributed by atoms with Crippen molar-refractivity contribution in [1.29, 1.82) is 0 Å². The van der Waals surface area contributed by atoms with Crippen LogP contribution in [0.1, 0.15) is 26.7 Å². The van der Waals surface area contributed by atoms with Crippen LogP contribution in [0.3, 0.4) is 0 Å². The highest BCUT2D eigenvalue weighted by atomic mass is 19.1. The normalized spacial score (nSPS) is 20.2. The summed E-state index contributed by atoms with van der Waals surface area (Å²) in [5.41, 5.74) is 0. The molecule has 1 amide bonds. The molecule has 25 heavy (non-hydrogen) atoms. The van der Waals surface area contributed by atoms with Crippen LogP contribution in [0.25, 0.3) is 0 Å². The van der Waals surface area contributed by atoms with Gasteiger partial charge in [0.15, 0.2) is 0 Å². The highest BCUT2D eigenvalue weighted by molar-refractivity contribution is 5.68. The number of hydrogen-bond acceptors (Lipinski definition) is 5. The molecule has 1 aromatic rings. The number of amides is 1. The zero-order chi connectivity index (χ0) is 17.8. The minimum Gasteiger partial charge on any atom is -0.446 e. The molecule has 2 aliphatic heterocycles. The molecule has 7 heteroatoms. The number of nitrogens with zero attached hydrogens (tertiary/aromatic N) is 4. The van der Waals surface area contributed by atoms with Crippen molar-refractivity contribution >= 4 is 11.9 Å². The predicted molar refractivity (Wildman–Crippen MR) is 94.2 cm³/mol. The van der Waals surface area contributed by atoms with Crippen molar-refractivity contribution in [3.63, 3.8) is 0 Å². The summed E-state index contributed by atoms with van der Waals surface area (Å²) in [6, 6.07) is 3.30. The van der Waals surface area contributed by atoms with E-state index in [1.807, 2.05) is 4.90 Å². The Hall–Kier alpha value is -1.89. The molecule has 0 aliphatic carbocycles. The second-order valence-electron chi connectivity index (χ2n) is 7.02. The zero-order valence-corrected chi connectivity index (χ0v) is 15.0. The second kappa shape index (κ2) is 7.99. The van der Waals surface area contributed by atoms with Crippen molar-refractivity contribution in [2.75, 3.05) is 44.2 Å². The monoisotopic (exact) mass is 350 g/mol. The van der Waals surface area contributed by atoms with Crippen LogP contribution in [0, 0.1) is 5.82 Å². The van der Waals surface area contributed by atoms with Gasteiger partial charge in [0.05, 0.1) is 0 Å². The summed E-state index contributed by atoms with van der Waals surface area (Å²) in [6.45, 7) is 9.04. The highest BCUT2D eigenvalue weighted by Crippen LogP contribution is 2.21. The molecule has 0 bridgehead atoms. The number of piperidine rings is 1. The smallest absolute Gasteiger partial charge is 0.410 e. The van der Waals surface area contributed by atoms with Gasteiger partial charge in [0.1, 0.15) is 17.7 Å². The van der Waals surface area contributed by atoms with Crippen LogP contribution in [0.2, 0.25) is 0 Å². The number of halogens is 1. The molecular weight excluding hydrogens is 323 g/mol. The minimum atomic E-state index is -0.279. The van der Waals surface area contributed by atoms with Gasteiger partial charge in [0.2, 0.25) is 0 Å². The van der Waals surface area contributed by atoms with E-state index in [0.29, 0.717) is 11.9 Å². The van der Waals surface area contributed by atoms with E-state index in [9.17, 15) is 9.18 Å². The first-order valence-corrected chi connectivity index (χ1v) is 9.09. The van der Waals surface area contributed by atoms with E-state index in [1.54, 1.807) is 4.90 Å². The van der Waals surface area contributed by atoms with Gasteiger partial charge in [-0.3, -0.25) is 4.90 Å². The maximum Gasteiger partial charge on any atom is 0.410 e. The molecule has 2 aliphatic rings. The van der Waals surface area contributed by atoms with E-state index in [-0.39, 0.29) is 18.0 Å². The summed E-state index contributed by atoms with van der Waals surface area (Å²) in [4.78, 5) is 22.8. The molecule has 0 atom stereocenters. The van der Waals surface area contributed by atoms with Crippen LogP contribution in [-0.2, 0) is 4.74 Å². The predicted octanol–water partition coefficient (Wildman–Crippen LogP) is 2.35. The maximum atomic E-state index is 13.3. The van der Waals surface area contributed by atoms with Gasteiger partial charge in [-0.15, -0.1) is 0 Å². The van der Waals surface area contributed by atoms with Gasteiger partial charge < -0.3 is 14.5 Å². The number of carbonyl (C=O) groups is 1. The largest absolute Gasteiger partial charge is 0.446 e. The van der Waals surface area contributed by atoms with Crippen LogP contribution >= 0.6 is 0 Å². The SMILES string of the molecule is CC(C)N1CCN(C(=O)OC2CCN(c3cc(F)ccn3)CC2)CC1. The Bertz CT molecular complexity index is 582. The maximum absolute atomic E-state index is 13.3. The molecule has 2 fully saturated rings. The number of pyridine rings is 1. The first-order chi connectivity index (χ1) is 12.0. The van der Waals surface area contributed by atoms with Crippen LogP contribution in [0.15, 0.2) is 18.3 Å². The molecule has 6 nitrogen and oxygen atoms in total. The number of anilines is 1. The van der Waals surface area contributed by atoms with Crippen molar-refractivity contribution < 1.29 is 13.9 Å². The van der Waals surface area contributed by atoms with Crippen LogP contribution in [0.4, 0.5) is 15.0 Å². The van der Waals surface area contributed by atoms with Crippen molar-refractivity contribution in [3.8, 4) is 0 Å². The van der Waals surface area contributed by atoms with Crippen molar-refractivity contribution in [2.45, 2.75) is 38.8 Å². The first-order valence-electron chi connectivity index (χ1n) is 9.09. The average Bonchev–Trinajstić information content (AvgIpc) is 2.62. The van der Waals surface area contributed by atoms with E-state index in [2.05, 4.69) is 23.7 Å².